The lowest BCUT2D eigenvalue weighted by atomic mass is 10.6. The lowest BCUT2D eigenvalue weighted by Gasteiger charge is -2.33. The Kier molecular flexibility index (Phi) is 7.45. The first-order valence-electron chi connectivity index (χ1n) is 5.97. The molecule has 0 bridgehead atoms. The van der Waals surface area contributed by atoms with Crippen LogP contribution in [0.3, 0.4) is 0 Å². The maximum Gasteiger partial charge on any atom is 0.0789 e. The van der Waals surface area contributed by atoms with Gasteiger partial charge in [0.25, 0.3) is 0 Å². The zero-order chi connectivity index (χ0) is 12.8. The number of halogens is 1. The van der Waals surface area contributed by atoms with Crippen LogP contribution in [-0.2, 0) is 4.74 Å². The Hall–Kier alpha value is 0.644. The zero-order valence-electron chi connectivity index (χ0n) is 11.8. The van der Waals surface area contributed by atoms with Gasteiger partial charge in [-0.25, -0.2) is 0 Å². The number of rotatable bonds is 8. The first kappa shape index (κ1) is 16.6. The fraction of sp³-hybridized carbons (Fsp3) is 1.00. The van der Waals surface area contributed by atoms with Crippen LogP contribution in [0.25, 0.3) is 0 Å². The summed E-state index contributed by atoms with van der Waals surface area (Å²) in [6, 6.07) is 0. The van der Waals surface area contributed by atoms with Crippen LogP contribution >= 0.6 is 11.6 Å². The topological polar surface area (TPSA) is 12.5 Å². The van der Waals surface area contributed by atoms with Crippen molar-refractivity contribution in [3.63, 3.8) is 0 Å². The van der Waals surface area contributed by atoms with Crippen LogP contribution in [0.4, 0.5) is 0 Å². The third kappa shape index (κ3) is 8.76. The highest BCUT2D eigenvalue weighted by atomic mass is 35.5. The minimum atomic E-state index is -1.23. The minimum absolute atomic E-state index is 0.831. The van der Waals surface area contributed by atoms with Crippen molar-refractivity contribution in [2.24, 2.45) is 0 Å². The molecule has 0 unspecified atom stereocenters. The first-order chi connectivity index (χ1) is 7.20. The molecule has 0 fully saturated rings. The summed E-state index contributed by atoms with van der Waals surface area (Å²) in [5.41, 5.74) is 0.849. The van der Waals surface area contributed by atoms with Crippen molar-refractivity contribution in [3.8, 4) is 0 Å². The maximum atomic E-state index is 6.06. The Morgan fingerprint density at radius 3 is 2.00 bits per heavy atom. The van der Waals surface area contributed by atoms with Crippen molar-refractivity contribution in [2.45, 2.75) is 32.7 Å². The van der Waals surface area contributed by atoms with Gasteiger partial charge in [-0.2, -0.15) is 0 Å². The van der Waals surface area contributed by atoms with Crippen LogP contribution in [0.1, 0.15) is 0 Å². The van der Waals surface area contributed by atoms with Crippen molar-refractivity contribution >= 4 is 27.7 Å². The van der Waals surface area contributed by atoms with E-state index in [4.69, 9.17) is 16.3 Å². The molecule has 98 valence electrons. The summed E-state index contributed by atoms with van der Waals surface area (Å²) in [5, 5.41) is 0. The van der Waals surface area contributed by atoms with Crippen LogP contribution < -0.4 is 0 Å². The van der Waals surface area contributed by atoms with E-state index in [1.807, 2.05) is 0 Å². The minimum Gasteiger partial charge on any atom is -0.383 e. The SMILES string of the molecule is COCCN(C[Si](C)(C)C)C[Si](C)(C)CCl. The summed E-state index contributed by atoms with van der Waals surface area (Å²) in [5.74, 6) is 0. The van der Waals surface area contributed by atoms with Gasteiger partial charge in [0, 0.05) is 19.2 Å². The lowest BCUT2D eigenvalue weighted by Crippen LogP contribution is -2.50. The van der Waals surface area contributed by atoms with Crippen molar-refractivity contribution in [3.05, 3.63) is 0 Å². The summed E-state index contributed by atoms with van der Waals surface area (Å²) in [6.45, 7) is 13.9. The Balaban J connectivity index is 4.31. The highest BCUT2D eigenvalue weighted by molar-refractivity contribution is 6.83. The molecule has 0 aromatic carbocycles. The molecule has 0 aliphatic carbocycles. The molecule has 0 aliphatic rings. The standard InChI is InChI=1S/C11H28ClNOSi2/c1-14-8-7-13(10-15(2,3)4)11-16(5,6)9-12/h7-11H2,1-6H3. The number of hydrogen-bond acceptors (Lipinski definition) is 2. The second-order valence-corrected chi connectivity index (χ2v) is 17.7. The molecule has 0 spiro atoms. The van der Waals surface area contributed by atoms with Gasteiger partial charge in [-0.1, -0.05) is 32.7 Å². The van der Waals surface area contributed by atoms with E-state index >= 15 is 0 Å². The van der Waals surface area contributed by atoms with Crippen LogP contribution in [0.15, 0.2) is 0 Å². The van der Waals surface area contributed by atoms with Crippen molar-refractivity contribution in [1.82, 2.24) is 4.90 Å². The molecule has 0 aromatic rings. The van der Waals surface area contributed by atoms with E-state index < -0.39 is 16.1 Å². The number of nitrogens with zero attached hydrogens (tertiary/aromatic N) is 1. The van der Waals surface area contributed by atoms with E-state index in [1.54, 1.807) is 7.11 Å². The molecule has 0 aromatic heterocycles. The molecule has 0 aliphatic heterocycles. The molecule has 0 saturated carbocycles. The van der Waals surface area contributed by atoms with Gasteiger partial charge in [-0.15, -0.1) is 11.6 Å². The molecule has 0 amide bonds. The highest BCUT2D eigenvalue weighted by Gasteiger charge is 2.26. The third-order valence-electron chi connectivity index (χ3n) is 2.32. The Morgan fingerprint density at radius 1 is 1.06 bits per heavy atom. The van der Waals surface area contributed by atoms with Gasteiger partial charge >= 0.3 is 0 Å². The smallest absolute Gasteiger partial charge is 0.0789 e. The van der Waals surface area contributed by atoms with E-state index in [9.17, 15) is 0 Å². The molecule has 5 heteroatoms. The van der Waals surface area contributed by atoms with Crippen LogP contribution in [0.5, 0.6) is 0 Å². The molecule has 0 rings (SSSR count). The fourth-order valence-electron chi connectivity index (χ4n) is 1.75. The van der Waals surface area contributed by atoms with E-state index in [1.165, 1.54) is 12.3 Å². The van der Waals surface area contributed by atoms with Crippen LogP contribution in [0, 0.1) is 0 Å². The van der Waals surface area contributed by atoms with Crippen LogP contribution in [-0.4, -0.2) is 59.1 Å². The normalized spacial score (nSPS) is 13.5. The lowest BCUT2D eigenvalue weighted by molar-refractivity contribution is 0.164. The molecule has 0 radical (unpaired) electrons. The second-order valence-electron chi connectivity index (χ2n) is 6.56. The molecule has 0 heterocycles. The van der Waals surface area contributed by atoms with Gasteiger partial charge in [0.2, 0.25) is 0 Å². The predicted octanol–water partition coefficient (Wildman–Crippen LogP) is 2.84. The van der Waals surface area contributed by atoms with Gasteiger partial charge in [0.05, 0.1) is 22.8 Å². The Bertz CT molecular complexity index is 195. The highest BCUT2D eigenvalue weighted by Crippen LogP contribution is 2.11. The number of alkyl halides is 1. The van der Waals surface area contributed by atoms with Crippen LogP contribution in [0.2, 0.25) is 32.7 Å². The van der Waals surface area contributed by atoms with Crippen molar-refractivity contribution in [1.29, 1.82) is 0 Å². The van der Waals surface area contributed by atoms with E-state index in [0.29, 0.717) is 0 Å². The number of ether oxygens (including phenoxy) is 1. The summed E-state index contributed by atoms with van der Waals surface area (Å²) < 4.78 is 5.19. The molecule has 0 saturated heterocycles. The zero-order valence-corrected chi connectivity index (χ0v) is 14.5. The largest absolute Gasteiger partial charge is 0.383 e. The first-order valence-corrected chi connectivity index (χ1v) is 13.6. The maximum absolute atomic E-state index is 6.06. The van der Waals surface area contributed by atoms with Gasteiger partial charge in [0.15, 0.2) is 0 Å². The van der Waals surface area contributed by atoms with E-state index in [0.717, 1.165) is 18.7 Å². The molecule has 0 N–H and O–H groups in total. The number of hydrogen-bond donors (Lipinski definition) is 0. The molecular weight excluding hydrogens is 254 g/mol. The Morgan fingerprint density at radius 2 is 1.62 bits per heavy atom. The average molecular weight is 282 g/mol. The molecule has 2 nitrogen and oxygen atoms in total. The summed E-state index contributed by atoms with van der Waals surface area (Å²) in [6.07, 6.45) is 2.45. The van der Waals surface area contributed by atoms with E-state index in [2.05, 4.69) is 37.6 Å². The summed E-state index contributed by atoms with van der Waals surface area (Å²) in [4.78, 5) is 2.57. The molecular formula is C11H28ClNOSi2. The van der Waals surface area contributed by atoms with Gasteiger partial charge in [-0.05, 0) is 12.3 Å². The quantitative estimate of drug-likeness (QED) is 0.501. The van der Waals surface area contributed by atoms with Gasteiger partial charge in [-0.3, -0.25) is 0 Å². The molecule has 16 heavy (non-hydrogen) atoms. The molecule has 0 atom stereocenters. The fourth-order valence-corrected chi connectivity index (χ4v) is 5.41. The average Bonchev–Trinajstić information content (AvgIpc) is 2.11. The predicted molar refractivity (Wildman–Crippen MR) is 79.9 cm³/mol. The summed E-state index contributed by atoms with van der Waals surface area (Å²) in [7, 11) is -0.491. The Labute approximate surface area is 108 Å². The summed E-state index contributed by atoms with van der Waals surface area (Å²) >= 11 is 6.06. The van der Waals surface area contributed by atoms with Crippen molar-refractivity contribution in [2.75, 3.05) is 38.1 Å². The van der Waals surface area contributed by atoms with Gasteiger partial charge in [0.1, 0.15) is 0 Å². The third-order valence-corrected chi connectivity index (χ3v) is 7.92. The van der Waals surface area contributed by atoms with Gasteiger partial charge < -0.3 is 9.64 Å². The van der Waals surface area contributed by atoms with E-state index in [-0.39, 0.29) is 0 Å². The number of methoxy groups -OCH3 is 1. The van der Waals surface area contributed by atoms with Crippen molar-refractivity contribution < 1.29 is 4.74 Å². The monoisotopic (exact) mass is 281 g/mol. The second kappa shape index (κ2) is 7.16.